The fourth-order valence-electron chi connectivity index (χ4n) is 2.92. The zero-order valence-electron chi connectivity index (χ0n) is 13.1. The summed E-state index contributed by atoms with van der Waals surface area (Å²) in [5.41, 5.74) is 3.54. The zero-order valence-corrected chi connectivity index (χ0v) is 13.1. The number of carbonyl (C=O) groups excluding carboxylic acids is 1. The molecule has 1 saturated carbocycles. The van der Waals surface area contributed by atoms with Crippen molar-refractivity contribution >= 4 is 5.91 Å². The highest BCUT2D eigenvalue weighted by atomic mass is 16.5. The third-order valence-electron chi connectivity index (χ3n) is 4.39. The number of ether oxygens (including phenoxy) is 1. The highest BCUT2D eigenvalue weighted by molar-refractivity contribution is 5.78. The van der Waals surface area contributed by atoms with Crippen LogP contribution in [0.25, 0.3) is 0 Å². The predicted molar refractivity (Wildman–Crippen MR) is 81.9 cm³/mol. The van der Waals surface area contributed by atoms with Gasteiger partial charge in [-0.25, -0.2) is 0 Å². The number of aryl methyl sites for hydroxylation is 2. The molecule has 0 aromatic heterocycles. The smallest absolute Gasteiger partial charge is 0.223 e. The zero-order chi connectivity index (χ0) is 15.4. The Hall–Kier alpha value is -1.39. The van der Waals surface area contributed by atoms with Gasteiger partial charge in [-0.1, -0.05) is 23.8 Å². The summed E-state index contributed by atoms with van der Waals surface area (Å²) in [6.07, 6.45) is 1.27. The maximum atomic E-state index is 12.3. The summed E-state index contributed by atoms with van der Waals surface area (Å²) >= 11 is 0. The van der Waals surface area contributed by atoms with Crippen molar-refractivity contribution in [3.05, 3.63) is 34.9 Å². The molecule has 0 unspecified atom stereocenters. The largest absolute Gasteiger partial charge is 0.390 e. The molecule has 1 aliphatic rings. The second kappa shape index (κ2) is 7.05. The van der Waals surface area contributed by atoms with E-state index in [0.29, 0.717) is 19.4 Å². The monoisotopic (exact) mass is 291 g/mol. The van der Waals surface area contributed by atoms with E-state index in [1.54, 1.807) is 7.11 Å². The summed E-state index contributed by atoms with van der Waals surface area (Å²) in [4.78, 5) is 12.3. The van der Waals surface area contributed by atoms with Gasteiger partial charge in [-0.3, -0.25) is 4.79 Å². The highest BCUT2D eigenvalue weighted by Crippen LogP contribution is 2.26. The third-order valence-corrected chi connectivity index (χ3v) is 4.39. The van der Waals surface area contributed by atoms with Crippen molar-refractivity contribution in [2.45, 2.75) is 51.9 Å². The van der Waals surface area contributed by atoms with Crippen LogP contribution in [-0.4, -0.2) is 30.3 Å². The Morgan fingerprint density at radius 3 is 2.86 bits per heavy atom. The van der Waals surface area contributed by atoms with Crippen LogP contribution < -0.4 is 5.32 Å². The van der Waals surface area contributed by atoms with Crippen molar-refractivity contribution in [1.82, 2.24) is 5.32 Å². The molecule has 116 valence electrons. The second-order valence-electron chi connectivity index (χ2n) is 6.00. The van der Waals surface area contributed by atoms with Crippen molar-refractivity contribution in [3.8, 4) is 0 Å². The maximum absolute atomic E-state index is 12.3. The molecule has 0 aliphatic heterocycles. The Labute approximate surface area is 126 Å². The van der Waals surface area contributed by atoms with E-state index in [-0.39, 0.29) is 17.9 Å². The van der Waals surface area contributed by atoms with E-state index in [0.717, 1.165) is 12.0 Å². The minimum Gasteiger partial charge on any atom is -0.390 e. The average molecular weight is 291 g/mol. The SMILES string of the molecule is CO[C@@H]1C[C@H](C(=O)NCc2cc(C)ccc2C)CC[C@@H]1O. The first-order chi connectivity index (χ1) is 10.0. The van der Waals surface area contributed by atoms with Gasteiger partial charge in [-0.05, 0) is 44.2 Å². The van der Waals surface area contributed by atoms with E-state index in [1.807, 2.05) is 0 Å². The summed E-state index contributed by atoms with van der Waals surface area (Å²) in [6, 6.07) is 6.26. The van der Waals surface area contributed by atoms with Crippen molar-refractivity contribution in [2.24, 2.45) is 5.92 Å². The Kier molecular flexibility index (Phi) is 5.37. The Morgan fingerprint density at radius 1 is 1.38 bits per heavy atom. The number of aliphatic hydroxyl groups is 1. The number of methoxy groups -OCH3 is 1. The van der Waals surface area contributed by atoms with Gasteiger partial charge in [0.05, 0.1) is 12.2 Å². The summed E-state index contributed by atoms with van der Waals surface area (Å²) in [5.74, 6) is -0.00618. The minimum absolute atomic E-state index is 0.0601. The van der Waals surface area contributed by atoms with E-state index in [9.17, 15) is 9.90 Å². The van der Waals surface area contributed by atoms with Crippen LogP contribution in [0.2, 0.25) is 0 Å². The first-order valence-corrected chi connectivity index (χ1v) is 7.56. The van der Waals surface area contributed by atoms with Crippen LogP contribution in [0.3, 0.4) is 0 Å². The first kappa shape index (κ1) is 16.0. The lowest BCUT2D eigenvalue weighted by molar-refractivity contribution is -0.130. The average Bonchev–Trinajstić information content (AvgIpc) is 2.48. The van der Waals surface area contributed by atoms with Crippen molar-refractivity contribution in [2.75, 3.05) is 7.11 Å². The second-order valence-corrected chi connectivity index (χ2v) is 6.00. The normalized spacial score (nSPS) is 25.6. The molecule has 1 aromatic carbocycles. The molecule has 3 atom stereocenters. The molecule has 2 N–H and O–H groups in total. The quantitative estimate of drug-likeness (QED) is 0.893. The number of rotatable bonds is 4. The summed E-state index contributed by atoms with van der Waals surface area (Å²) in [5, 5.41) is 12.8. The molecule has 1 aromatic rings. The molecule has 0 heterocycles. The van der Waals surface area contributed by atoms with Gasteiger partial charge in [0, 0.05) is 19.6 Å². The number of carbonyl (C=O) groups is 1. The lowest BCUT2D eigenvalue weighted by atomic mass is 9.84. The van der Waals surface area contributed by atoms with Crippen molar-refractivity contribution in [3.63, 3.8) is 0 Å². The topological polar surface area (TPSA) is 58.6 Å². The van der Waals surface area contributed by atoms with Crippen molar-refractivity contribution in [1.29, 1.82) is 0 Å². The Morgan fingerprint density at radius 2 is 2.14 bits per heavy atom. The van der Waals surface area contributed by atoms with Gasteiger partial charge in [0.1, 0.15) is 0 Å². The molecule has 21 heavy (non-hydrogen) atoms. The summed E-state index contributed by atoms with van der Waals surface area (Å²) < 4.78 is 5.25. The number of hydrogen-bond donors (Lipinski definition) is 2. The van der Waals surface area contributed by atoms with Gasteiger partial charge >= 0.3 is 0 Å². The van der Waals surface area contributed by atoms with Gasteiger partial charge in [0.2, 0.25) is 5.91 Å². The van der Waals surface area contributed by atoms with E-state index >= 15 is 0 Å². The van der Waals surface area contributed by atoms with Crippen LogP contribution in [0.5, 0.6) is 0 Å². The number of aliphatic hydroxyl groups excluding tert-OH is 1. The van der Waals surface area contributed by atoms with Crippen LogP contribution >= 0.6 is 0 Å². The standard InChI is InChI=1S/C17H25NO3/c1-11-4-5-12(2)14(8-11)10-18-17(20)13-6-7-15(19)16(9-13)21-3/h4-5,8,13,15-16,19H,6-7,9-10H2,1-3H3,(H,18,20)/t13-,15+,16-/m1/s1. The fourth-order valence-corrected chi connectivity index (χ4v) is 2.92. The maximum Gasteiger partial charge on any atom is 0.223 e. The first-order valence-electron chi connectivity index (χ1n) is 7.56. The minimum atomic E-state index is -0.446. The molecule has 2 rings (SSSR count). The molecular weight excluding hydrogens is 266 g/mol. The molecule has 1 aliphatic carbocycles. The summed E-state index contributed by atoms with van der Waals surface area (Å²) in [6.45, 7) is 4.67. The molecular formula is C17H25NO3. The molecule has 1 amide bonds. The van der Waals surface area contributed by atoms with Crippen LogP contribution in [0.1, 0.15) is 36.0 Å². The molecule has 0 radical (unpaired) electrons. The highest BCUT2D eigenvalue weighted by Gasteiger charge is 2.32. The molecule has 4 nitrogen and oxygen atoms in total. The molecule has 1 fully saturated rings. The number of hydrogen-bond acceptors (Lipinski definition) is 3. The van der Waals surface area contributed by atoms with E-state index in [1.165, 1.54) is 11.1 Å². The van der Waals surface area contributed by atoms with Crippen molar-refractivity contribution < 1.29 is 14.6 Å². The fraction of sp³-hybridized carbons (Fsp3) is 0.588. The van der Waals surface area contributed by atoms with E-state index in [2.05, 4.69) is 37.4 Å². The number of benzene rings is 1. The van der Waals surface area contributed by atoms with E-state index in [4.69, 9.17) is 4.74 Å². The van der Waals surface area contributed by atoms with Gasteiger partial charge in [0.15, 0.2) is 0 Å². The lowest BCUT2D eigenvalue weighted by Gasteiger charge is -2.31. The van der Waals surface area contributed by atoms with Gasteiger partial charge in [-0.15, -0.1) is 0 Å². The van der Waals surface area contributed by atoms with Crippen LogP contribution in [-0.2, 0) is 16.1 Å². The predicted octanol–water partition coefficient (Wildman–Crippen LogP) is 2.10. The summed E-state index contributed by atoms with van der Waals surface area (Å²) in [7, 11) is 1.59. The number of amides is 1. The van der Waals surface area contributed by atoms with Crippen LogP contribution in [0, 0.1) is 19.8 Å². The molecule has 0 spiro atoms. The Balaban J connectivity index is 1.91. The molecule has 4 heteroatoms. The van der Waals surface area contributed by atoms with Gasteiger partial charge in [-0.2, -0.15) is 0 Å². The lowest BCUT2D eigenvalue weighted by Crippen LogP contribution is -2.41. The van der Waals surface area contributed by atoms with Crippen LogP contribution in [0.15, 0.2) is 18.2 Å². The van der Waals surface area contributed by atoms with Crippen LogP contribution in [0.4, 0.5) is 0 Å². The Bertz CT molecular complexity index is 501. The van der Waals surface area contributed by atoms with Gasteiger partial charge in [0.25, 0.3) is 0 Å². The third kappa shape index (κ3) is 4.05. The number of nitrogens with one attached hydrogen (secondary N) is 1. The van der Waals surface area contributed by atoms with Gasteiger partial charge < -0.3 is 15.2 Å². The molecule has 0 bridgehead atoms. The van der Waals surface area contributed by atoms with E-state index < -0.39 is 6.10 Å². The molecule has 0 saturated heterocycles.